The number of ether oxygens (including phenoxy) is 2. The van der Waals surface area contributed by atoms with Crippen LogP contribution in [0.1, 0.15) is 24.1 Å². The summed E-state index contributed by atoms with van der Waals surface area (Å²) in [6.45, 7) is 4.81. The average Bonchev–Trinajstić information content (AvgIpc) is 3.27. The van der Waals surface area contributed by atoms with E-state index in [-0.39, 0.29) is 5.92 Å². The molecule has 4 rings (SSSR count). The van der Waals surface area contributed by atoms with E-state index in [9.17, 15) is 8.42 Å². The summed E-state index contributed by atoms with van der Waals surface area (Å²) in [7, 11) is -3.67. The van der Waals surface area contributed by atoms with Crippen molar-refractivity contribution in [3.05, 3.63) is 71.9 Å². The van der Waals surface area contributed by atoms with Crippen LogP contribution in [0.25, 0.3) is 0 Å². The molecule has 0 saturated carbocycles. The number of nitrogens with two attached hydrogens (primary N) is 1. The van der Waals surface area contributed by atoms with Gasteiger partial charge >= 0.3 is 0 Å². The second kappa shape index (κ2) is 11.6. The van der Waals surface area contributed by atoms with E-state index in [2.05, 4.69) is 17.1 Å². The van der Waals surface area contributed by atoms with Crippen LogP contribution in [0.2, 0.25) is 0 Å². The maximum absolute atomic E-state index is 9.19. The summed E-state index contributed by atoms with van der Waals surface area (Å²) >= 11 is 0. The molecular weight excluding hydrogens is 460 g/mol. The van der Waals surface area contributed by atoms with Crippen LogP contribution in [0, 0.1) is 0 Å². The van der Waals surface area contributed by atoms with Crippen LogP contribution in [0.3, 0.4) is 0 Å². The summed E-state index contributed by atoms with van der Waals surface area (Å²) in [5.41, 5.74) is 7.95. The molecule has 3 aromatic rings. The number of hydrogen-bond acceptors (Lipinski definition) is 7. The molecule has 2 aromatic carbocycles. The lowest BCUT2D eigenvalue weighted by Gasteiger charge is -2.27. The van der Waals surface area contributed by atoms with Crippen molar-refractivity contribution in [2.24, 2.45) is 10.7 Å². The lowest BCUT2D eigenvalue weighted by molar-refractivity contribution is 0.0675. The van der Waals surface area contributed by atoms with Crippen LogP contribution < -0.4 is 10.5 Å². The maximum Gasteiger partial charge on any atom is 0.261 e. The van der Waals surface area contributed by atoms with E-state index in [0.717, 1.165) is 35.8 Å². The van der Waals surface area contributed by atoms with Crippen molar-refractivity contribution in [2.45, 2.75) is 12.8 Å². The van der Waals surface area contributed by atoms with E-state index >= 15 is 0 Å². The van der Waals surface area contributed by atoms with Crippen molar-refractivity contribution in [1.82, 2.24) is 10.1 Å². The van der Waals surface area contributed by atoms with Gasteiger partial charge in [0.2, 0.25) is 0 Å². The Morgan fingerprint density at radius 2 is 1.76 bits per heavy atom. The highest BCUT2D eigenvalue weighted by molar-refractivity contribution is 7.85. The molecule has 1 aromatic heterocycles. The second-order valence-electron chi connectivity index (χ2n) is 7.60. The first-order chi connectivity index (χ1) is 16.2. The largest absolute Gasteiger partial charge is 0.457 e. The van der Waals surface area contributed by atoms with Gasteiger partial charge in [-0.25, -0.2) is 0 Å². The molecule has 0 aliphatic carbocycles. The van der Waals surface area contributed by atoms with E-state index in [0.29, 0.717) is 31.3 Å². The topological polar surface area (TPSA) is 140 Å². The smallest absolute Gasteiger partial charge is 0.261 e. The average molecular weight is 489 g/mol. The Bertz CT molecular complexity index is 1180. The highest BCUT2D eigenvalue weighted by atomic mass is 32.2. The van der Waals surface area contributed by atoms with Gasteiger partial charge in [0.25, 0.3) is 16.0 Å². The van der Waals surface area contributed by atoms with E-state index in [1.165, 1.54) is 0 Å². The highest BCUT2D eigenvalue weighted by Crippen LogP contribution is 2.30. The summed E-state index contributed by atoms with van der Waals surface area (Å²) in [6, 6.07) is 19.5. The van der Waals surface area contributed by atoms with Gasteiger partial charge in [-0.05, 0) is 29.8 Å². The molecule has 0 spiro atoms. The number of hydrogen-bond donors (Lipinski definition) is 2. The molecule has 34 heavy (non-hydrogen) atoms. The van der Waals surface area contributed by atoms with E-state index in [1.807, 2.05) is 65.6 Å². The third-order valence-corrected chi connectivity index (χ3v) is 4.86. The predicted octanol–water partition coefficient (Wildman–Crippen LogP) is 3.40. The lowest BCUT2D eigenvalue weighted by atomic mass is 9.98. The Kier molecular flexibility index (Phi) is 8.63. The van der Waals surface area contributed by atoms with E-state index in [4.69, 9.17) is 24.3 Å². The summed E-state index contributed by atoms with van der Waals surface area (Å²) < 4.78 is 42.5. The minimum Gasteiger partial charge on any atom is -0.457 e. The lowest BCUT2D eigenvalue weighted by Crippen LogP contribution is -2.44. The summed E-state index contributed by atoms with van der Waals surface area (Å²) in [5, 5.41) is 4.18. The van der Waals surface area contributed by atoms with Gasteiger partial charge in [0, 0.05) is 25.1 Å². The number of nitrogens with zero attached hydrogens (tertiary/aromatic N) is 3. The zero-order chi connectivity index (χ0) is 24.6. The van der Waals surface area contributed by atoms with Crippen LogP contribution in [0.5, 0.6) is 11.5 Å². The molecule has 1 aliphatic heterocycles. The van der Waals surface area contributed by atoms with E-state index in [1.54, 1.807) is 0 Å². The molecule has 2 heterocycles. The zero-order valence-electron chi connectivity index (χ0n) is 19.0. The molecule has 1 atom stereocenters. The number of para-hydroxylation sites is 1. The second-order valence-corrected chi connectivity index (χ2v) is 9.07. The Labute approximate surface area is 198 Å². The summed E-state index contributed by atoms with van der Waals surface area (Å²) in [5.74, 6) is 2.41. The number of benzene rings is 2. The van der Waals surface area contributed by atoms with E-state index < -0.39 is 10.1 Å². The summed E-state index contributed by atoms with van der Waals surface area (Å²) in [6.07, 6.45) is 0.715. The van der Waals surface area contributed by atoms with Gasteiger partial charge in [-0.2, -0.15) is 13.4 Å². The number of aromatic nitrogens is 1. The first-order valence-electron chi connectivity index (χ1n) is 10.6. The maximum atomic E-state index is 9.19. The normalized spacial score (nSPS) is 15.3. The Hall–Kier alpha value is -3.41. The molecule has 1 saturated heterocycles. The molecule has 0 radical (unpaired) electrons. The highest BCUT2D eigenvalue weighted by Gasteiger charge is 2.17. The first kappa shape index (κ1) is 25.2. The molecule has 10 nitrogen and oxygen atoms in total. The standard InChI is InChI=1S/C22H24N4O3.CH4O3S/c1-16(17-6-5-9-19(14-17)28-18-7-3-2-4-8-18)20-15-21(29-25-20)24-22(23)26-10-12-27-13-11-26;1-5(2,3)4/h2-9,14-16H,10-13H2,1H3,(H2,23,24);1H3,(H,2,3,4). The SMILES string of the molecule is CC(c1cccc(Oc2ccccc2)c1)c1cc(/N=C(\N)N2CCOCC2)on1.CS(=O)(=O)O. The van der Waals surface area contributed by atoms with Crippen LogP contribution >= 0.6 is 0 Å². The van der Waals surface area contributed by atoms with Crippen molar-refractivity contribution in [2.75, 3.05) is 32.6 Å². The van der Waals surface area contributed by atoms with Crippen LogP contribution in [-0.4, -0.2) is 61.5 Å². The predicted molar refractivity (Wildman–Crippen MR) is 128 cm³/mol. The van der Waals surface area contributed by atoms with Gasteiger partial charge in [-0.1, -0.05) is 42.4 Å². The molecule has 3 N–H and O–H groups in total. The van der Waals surface area contributed by atoms with Gasteiger partial charge in [-0.15, -0.1) is 0 Å². The molecule has 182 valence electrons. The molecule has 1 fully saturated rings. The first-order valence-corrected chi connectivity index (χ1v) is 12.4. The summed E-state index contributed by atoms with van der Waals surface area (Å²) in [4.78, 5) is 6.34. The Morgan fingerprint density at radius 3 is 2.44 bits per heavy atom. The molecule has 1 unspecified atom stereocenters. The third-order valence-electron chi connectivity index (χ3n) is 4.86. The fraction of sp³-hybridized carbons (Fsp3) is 0.304. The minimum absolute atomic E-state index is 0.0200. The Morgan fingerprint density at radius 1 is 1.12 bits per heavy atom. The fourth-order valence-corrected chi connectivity index (χ4v) is 3.15. The van der Waals surface area contributed by atoms with Crippen molar-refractivity contribution >= 4 is 22.0 Å². The van der Waals surface area contributed by atoms with Gasteiger partial charge < -0.3 is 24.6 Å². The van der Waals surface area contributed by atoms with Gasteiger partial charge in [0.05, 0.1) is 25.2 Å². The zero-order valence-corrected chi connectivity index (χ0v) is 19.8. The van der Waals surface area contributed by atoms with Crippen molar-refractivity contribution in [1.29, 1.82) is 0 Å². The fourth-order valence-electron chi connectivity index (χ4n) is 3.15. The molecular formula is C23H28N4O6S. The van der Waals surface area contributed by atoms with Gasteiger partial charge in [-0.3, -0.25) is 4.55 Å². The molecule has 0 amide bonds. The monoisotopic (exact) mass is 488 g/mol. The molecule has 1 aliphatic rings. The number of guanidine groups is 1. The van der Waals surface area contributed by atoms with Crippen molar-refractivity contribution in [3.63, 3.8) is 0 Å². The third kappa shape index (κ3) is 8.18. The minimum atomic E-state index is -3.67. The quantitative estimate of drug-likeness (QED) is 0.314. The van der Waals surface area contributed by atoms with Crippen molar-refractivity contribution in [3.8, 4) is 11.5 Å². The van der Waals surface area contributed by atoms with Crippen molar-refractivity contribution < 1.29 is 27.0 Å². The number of rotatable bonds is 5. The van der Waals surface area contributed by atoms with Gasteiger partial charge in [0.1, 0.15) is 11.5 Å². The number of morpholine rings is 1. The molecule has 0 bridgehead atoms. The molecule has 11 heteroatoms. The van der Waals surface area contributed by atoms with Crippen LogP contribution in [-0.2, 0) is 14.9 Å². The van der Waals surface area contributed by atoms with Gasteiger partial charge in [0.15, 0.2) is 5.96 Å². The number of aliphatic imine (C=N–C) groups is 1. The van der Waals surface area contributed by atoms with Crippen LogP contribution in [0.4, 0.5) is 5.88 Å². The van der Waals surface area contributed by atoms with Crippen LogP contribution in [0.15, 0.2) is 70.2 Å². The Balaban J connectivity index is 0.000000588.